The number of hydrogen-bond donors (Lipinski definition) is 0. The van der Waals surface area contributed by atoms with Crippen molar-refractivity contribution in [1.29, 1.82) is 0 Å². The van der Waals surface area contributed by atoms with Gasteiger partial charge in [-0.3, -0.25) is 0 Å². The van der Waals surface area contributed by atoms with Crippen molar-refractivity contribution in [2.45, 2.75) is 26.9 Å². The van der Waals surface area contributed by atoms with Gasteiger partial charge in [0.25, 0.3) is 0 Å². The third-order valence-corrected chi connectivity index (χ3v) is 2.68. The van der Waals surface area contributed by atoms with Gasteiger partial charge < -0.3 is 0 Å². The van der Waals surface area contributed by atoms with Gasteiger partial charge >= 0.3 is 0 Å². The van der Waals surface area contributed by atoms with Crippen LogP contribution < -0.4 is 0 Å². The first kappa shape index (κ1) is 11.8. The van der Waals surface area contributed by atoms with Gasteiger partial charge in [-0.15, -0.1) is 11.1 Å². The molecule has 0 atom stereocenters. The van der Waals surface area contributed by atoms with Crippen molar-refractivity contribution in [1.82, 2.24) is 0 Å². The van der Waals surface area contributed by atoms with Crippen molar-refractivity contribution in [3.63, 3.8) is 0 Å². The predicted octanol–water partition coefficient (Wildman–Crippen LogP) is 2.93. The minimum absolute atomic E-state index is 0.901. The van der Waals surface area contributed by atoms with Crippen LogP contribution in [-0.4, -0.2) is 8.07 Å². The minimum atomic E-state index is -1.67. The van der Waals surface area contributed by atoms with Gasteiger partial charge in [-0.2, -0.15) is 0 Å². The molecule has 0 N–H and O–H groups in total. The SMILES string of the molecule is C=C(C)C#C[Si](C)(C)C#CC(=C)C. The summed E-state index contributed by atoms with van der Waals surface area (Å²) >= 11 is 0. The topological polar surface area (TPSA) is 0 Å². The normalized spacial score (nSPS) is 8.92. The average Bonchev–Trinajstić information content (AvgIpc) is 1.98. The summed E-state index contributed by atoms with van der Waals surface area (Å²) in [7, 11) is -1.67. The third kappa shape index (κ3) is 7.19. The maximum atomic E-state index is 3.74. The number of hydrogen-bond acceptors (Lipinski definition) is 0. The predicted molar refractivity (Wildman–Crippen MR) is 62.7 cm³/mol. The van der Waals surface area contributed by atoms with E-state index in [9.17, 15) is 0 Å². The molecule has 0 aliphatic carbocycles. The highest BCUT2D eigenvalue weighted by Crippen LogP contribution is 1.98. The van der Waals surface area contributed by atoms with E-state index in [1.165, 1.54) is 0 Å². The summed E-state index contributed by atoms with van der Waals surface area (Å²) in [5.41, 5.74) is 8.18. The lowest BCUT2D eigenvalue weighted by molar-refractivity contribution is 1.62. The van der Waals surface area contributed by atoms with E-state index in [4.69, 9.17) is 0 Å². The Labute approximate surface area is 82.8 Å². The Morgan fingerprint density at radius 1 is 0.923 bits per heavy atom. The van der Waals surface area contributed by atoms with Crippen LogP contribution in [0.1, 0.15) is 13.8 Å². The first-order valence-corrected chi connectivity index (χ1v) is 7.21. The van der Waals surface area contributed by atoms with Gasteiger partial charge in [-0.05, 0) is 38.1 Å². The Morgan fingerprint density at radius 2 is 1.23 bits per heavy atom. The van der Waals surface area contributed by atoms with Gasteiger partial charge in [-0.25, -0.2) is 0 Å². The smallest absolute Gasteiger partial charge is 0.111 e. The van der Waals surface area contributed by atoms with E-state index in [1.54, 1.807) is 0 Å². The van der Waals surface area contributed by atoms with Crippen LogP contribution in [0.2, 0.25) is 13.1 Å². The minimum Gasteiger partial charge on any atom is -0.111 e. The summed E-state index contributed by atoms with van der Waals surface area (Å²) in [6.45, 7) is 15.5. The maximum absolute atomic E-state index is 3.74. The van der Waals surface area contributed by atoms with E-state index in [0.717, 1.165) is 11.1 Å². The molecular weight excluding hydrogens is 172 g/mol. The second kappa shape index (κ2) is 4.75. The molecule has 0 unspecified atom stereocenters. The highest BCUT2D eigenvalue weighted by atomic mass is 28.3. The van der Waals surface area contributed by atoms with Crippen molar-refractivity contribution in [3.05, 3.63) is 24.3 Å². The summed E-state index contributed by atoms with van der Waals surface area (Å²) in [5, 5.41) is 0. The maximum Gasteiger partial charge on any atom is 0.211 e. The fraction of sp³-hybridized carbons (Fsp3) is 0.333. The first-order chi connectivity index (χ1) is 5.83. The van der Waals surface area contributed by atoms with Crippen LogP contribution in [0.25, 0.3) is 0 Å². The lowest BCUT2D eigenvalue weighted by Gasteiger charge is -2.03. The van der Waals surface area contributed by atoms with Crippen LogP contribution >= 0.6 is 0 Å². The molecule has 0 heterocycles. The summed E-state index contributed by atoms with van der Waals surface area (Å²) in [6.07, 6.45) is 0. The van der Waals surface area contributed by atoms with Crippen LogP contribution in [0.4, 0.5) is 0 Å². The fourth-order valence-corrected chi connectivity index (χ4v) is 1.67. The molecule has 68 valence electrons. The zero-order chi connectivity index (χ0) is 10.5. The van der Waals surface area contributed by atoms with Gasteiger partial charge in [0.2, 0.25) is 8.07 Å². The van der Waals surface area contributed by atoms with Crippen molar-refractivity contribution in [3.8, 4) is 22.9 Å². The van der Waals surface area contributed by atoms with Crippen molar-refractivity contribution < 1.29 is 0 Å². The molecule has 0 rings (SSSR count). The van der Waals surface area contributed by atoms with Crippen LogP contribution in [0.15, 0.2) is 24.3 Å². The van der Waals surface area contributed by atoms with Crippen LogP contribution in [0.3, 0.4) is 0 Å². The molecule has 0 bridgehead atoms. The van der Waals surface area contributed by atoms with Gasteiger partial charge in [0.05, 0.1) is 0 Å². The zero-order valence-corrected chi connectivity index (χ0v) is 9.91. The fourth-order valence-electron chi connectivity index (χ4n) is 0.557. The van der Waals surface area contributed by atoms with E-state index in [-0.39, 0.29) is 0 Å². The lowest BCUT2D eigenvalue weighted by Crippen LogP contribution is -2.20. The van der Waals surface area contributed by atoms with Gasteiger partial charge in [0.15, 0.2) is 0 Å². The second-order valence-corrected chi connectivity index (χ2v) is 7.44. The summed E-state index contributed by atoms with van der Waals surface area (Å²) in [4.78, 5) is 0. The molecule has 0 saturated carbocycles. The highest BCUT2D eigenvalue weighted by Gasteiger charge is 2.13. The van der Waals surface area contributed by atoms with Crippen molar-refractivity contribution in [2.75, 3.05) is 0 Å². The molecule has 0 amide bonds. The molecule has 0 aromatic carbocycles. The number of rotatable bonds is 0. The van der Waals surface area contributed by atoms with E-state index in [0.29, 0.717) is 0 Å². The molecule has 0 radical (unpaired) electrons. The van der Waals surface area contributed by atoms with Gasteiger partial charge in [0, 0.05) is 0 Å². The van der Waals surface area contributed by atoms with Gasteiger partial charge in [0.1, 0.15) is 0 Å². The first-order valence-electron chi connectivity index (χ1n) is 4.21. The molecule has 0 nitrogen and oxygen atoms in total. The number of allylic oxidation sites excluding steroid dienone is 2. The Kier molecular flexibility index (Phi) is 4.32. The third-order valence-electron chi connectivity index (χ3n) is 1.18. The van der Waals surface area contributed by atoms with Crippen molar-refractivity contribution in [2.24, 2.45) is 0 Å². The van der Waals surface area contributed by atoms with Gasteiger partial charge in [-0.1, -0.05) is 25.0 Å². The lowest BCUT2D eigenvalue weighted by atomic mass is 10.4. The van der Waals surface area contributed by atoms with E-state index < -0.39 is 8.07 Å². The Balaban J connectivity index is 4.65. The van der Waals surface area contributed by atoms with E-state index in [2.05, 4.69) is 49.2 Å². The largest absolute Gasteiger partial charge is 0.211 e. The average molecular weight is 188 g/mol. The highest BCUT2D eigenvalue weighted by molar-refractivity contribution is 6.92. The summed E-state index contributed by atoms with van der Waals surface area (Å²) in [5.74, 6) is 5.99. The molecule has 0 aromatic heterocycles. The Hall–Kier alpha value is -1.18. The second-order valence-electron chi connectivity index (χ2n) is 3.69. The molecule has 0 aliphatic rings. The van der Waals surface area contributed by atoms with Crippen LogP contribution in [0, 0.1) is 22.9 Å². The molecule has 0 aliphatic heterocycles. The van der Waals surface area contributed by atoms with Crippen LogP contribution in [-0.2, 0) is 0 Å². The molecule has 0 saturated heterocycles. The zero-order valence-electron chi connectivity index (χ0n) is 8.91. The molecule has 1 heteroatoms. The van der Waals surface area contributed by atoms with E-state index >= 15 is 0 Å². The summed E-state index contributed by atoms with van der Waals surface area (Å²) < 4.78 is 0. The Morgan fingerprint density at radius 3 is 1.46 bits per heavy atom. The molecular formula is C12H16Si. The Bertz CT molecular complexity index is 303. The quantitative estimate of drug-likeness (QED) is 0.405. The summed E-state index contributed by atoms with van der Waals surface area (Å²) in [6, 6.07) is 0. The molecule has 13 heavy (non-hydrogen) atoms. The standard InChI is InChI=1S/C12H16Si/c1-11(2)7-9-13(5,6)10-8-12(3)4/h1,3H2,2,4-6H3. The molecule has 0 fully saturated rings. The van der Waals surface area contributed by atoms with Crippen molar-refractivity contribution >= 4 is 8.07 Å². The van der Waals surface area contributed by atoms with Crippen LogP contribution in [0.5, 0.6) is 0 Å². The molecule has 0 aromatic rings. The molecule has 0 spiro atoms. The monoisotopic (exact) mass is 188 g/mol. The van der Waals surface area contributed by atoms with E-state index in [1.807, 2.05) is 13.8 Å².